The summed E-state index contributed by atoms with van der Waals surface area (Å²) in [5.74, 6) is 0.729. The zero-order valence-corrected chi connectivity index (χ0v) is 13.3. The largest absolute Gasteiger partial charge is 0.330 e. The molecule has 2 nitrogen and oxygen atoms in total. The second kappa shape index (κ2) is 6.93. The van der Waals surface area contributed by atoms with Gasteiger partial charge in [-0.25, -0.2) is 0 Å². The molecule has 0 radical (unpaired) electrons. The van der Waals surface area contributed by atoms with Crippen LogP contribution in [0.2, 0.25) is 0 Å². The van der Waals surface area contributed by atoms with Crippen LogP contribution in [0, 0.1) is 5.41 Å². The van der Waals surface area contributed by atoms with E-state index in [4.69, 9.17) is 5.73 Å². The third-order valence-corrected chi connectivity index (χ3v) is 5.70. The lowest BCUT2D eigenvalue weighted by molar-refractivity contribution is 0.156. The van der Waals surface area contributed by atoms with Crippen molar-refractivity contribution in [1.82, 2.24) is 4.90 Å². The van der Waals surface area contributed by atoms with Gasteiger partial charge in [0.2, 0.25) is 0 Å². The smallest absolute Gasteiger partial charge is 0.00510 e. The predicted octanol–water partition coefficient (Wildman–Crippen LogP) is 3.78. The first kappa shape index (κ1) is 15.1. The second-order valence-electron chi connectivity index (χ2n) is 7.25. The Balaban J connectivity index is 1.60. The maximum atomic E-state index is 6.20. The van der Waals surface area contributed by atoms with Crippen LogP contribution in [0.4, 0.5) is 0 Å². The van der Waals surface area contributed by atoms with Crippen LogP contribution in [0.3, 0.4) is 0 Å². The molecule has 21 heavy (non-hydrogen) atoms. The van der Waals surface area contributed by atoms with Gasteiger partial charge in [0.25, 0.3) is 0 Å². The zero-order chi connectivity index (χ0) is 14.5. The third-order valence-electron chi connectivity index (χ3n) is 5.70. The summed E-state index contributed by atoms with van der Waals surface area (Å²) < 4.78 is 0. The summed E-state index contributed by atoms with van der Waals surface area (Å²) in [6, 6.07) is 11.0. The van der Waals surface area contributed by atoms with E-state index < -0.39 is 0 Å². The van der Waals surface area contributed by atoms with Crippen molar-refractivity contribution in [2.75, 3.05) is 26.2 Å². The van der Waals surface area contributed by atoms with Crippen molar-refractivity contribution in [2.24, 2.45) is 11.1 Å². The van der Waals surface area contributed by atoms with Crippen LogP contribution in [0.5, 0.6) is 0 Å². The molecule has 1 saturated carbocycles. The monoisotopic (exact) mass is 286 g/mol. The molecule has 2 heteroatoms. The number of rotatable bonds is 4. The zero-order valence-electron chi connectivity index (χ0n) is 13.3. The minimum absolute atomic E-state index is 0.405. The lowest BCUT2D eigenvalue weighted by atomic mass is 9.80. The minimum Gasteiger partial charge on any atom is -0.330 e. The second-order valence-corrected chi connectivity index (χ2v) is 7.25. The first-order chi connectivity index (χ1) is 10.3. The number of hydrogen-bond acceptors (Lipinski definition) is 2. The first-order valence-electron chi connectivity index (χ1n) is 8.79. The average Bonchev–Trinajstić information content (AvgIpc) is 2.86. The molecule has 1 aromatic carbocycles. The van der Waals surface area contributed by atoms with Crippen molar-refractivity contribution < 1.29 is 0 Å². The fraction of sp³-hybridized carbons (Fsp3) is 0.684. The molecule has 1 atom stereocenters. The quantitative estimate of drug-likeness (QED) is 0.854. The van der Waals surface area contributed by atoms with E-state index in [0.29, 0.717) is 5.41 Å². The molecule has 2 fully saturated rings. The number of nitrogens with zero attached hydrogens (tertiary/aromatic N) is 1. The van der Waals surface area contributed by atoms with Crippen LogP contribution in [-0.4, -0.2) is 31.1 Å². The highest BCUT2D eigenvalue weighted by Crippen LogP contribution is 2.37. The van der Waals surface area contributed by atoms with Gasteiger partial charge in [0.15, 0.2) is 0 Å². The van der Waals surface area contributed by atoms with E-state index in [1.165, 1.54) is 70.1 Å². The highest BCUT2D eigenvalue weighted by atomic mass is 15.2. The summed E-state index contributed by atoms with van der Waals surface area (Å²) >= 11 is 0. The number of nitrogens with two attached hydrogens (primary N) is 1. The Labute approximate surface area is 129 Å². The maximum absolute atomic E-state index is 6.20. The highest BCUT2D eigenvalue weighted by Gasteiger charge is 2.34. The molecule has 0 amide bonds. The normalized spacial score (nSPS) is 26.6. The lowest BCUT2D eigenvalue weighted by Crippen LogP contribution is -2.41. The summed E-state index contributed by atoms with van der Waals surface area (Å²) in [5.41, 5.74) is 8.13. The van der Waals surface area contributed by atoms with Crippen LogP contribution in [-0.2, 0) is 0 Å². The van der Waals surface area contributed by atoms with Crippen LogP contribution in [0.1, 0.15) is 56.4 Å². The Morgan fingerprint density at radius 1 is 1.05 bits per heavy atom. The van der Waals surface area contributed by atoms with Gasteiger partial charge in [-0.2, -0.15) is 0 Å². The highest BCUT2D eigenvalue weighted by molar-refractivity contribution is 5.21. The van der Waals surface area contributed by atoms with Gasteiger partial charge in [0.05, 0.1) is 0 Å². The van der Waals surface area contributed by atoms with Crippen molar-refractivity contribution in [3.63, 3.8) is 0 Å². The average molecular weight is 286 g/mol. The Morgan fingerprint density at radius 2 is 1.76 bits per heavy atom. The van der Waals surface area contributed by atoms with Gasteiger partial charge < -0.3 is 10.6 Å². The van der Waals surface area contributed by atoms with E-state index in [1.807, 2.05) is 0 Å². The molecule has 2 N–H and O–H groups in total. The van der Waals surface area contributed by atoms with E-state index in [-0.39, 0.29) is 0 Å². The third kappa shape index (κ3) is 3.67. The van der Waals surface area contributed by atoms with E-state index in [0.717, 1.165) is 12.5 Å². The molecule has 1 aromatic rings. The molecule has 1 saturated heterocycles. The number of benzene rings is 1. The lowest BCUT2D eigenvalue weighted by Gasteiger charge is -2.35. The Hall–Kier alpha value is -0.860. The first-order valence-corrected chi connectivity index (χ1v) is 8.79. The van der Waals surface area contributed by atoms with Gasteiger partial charge in [-0.1, -0.05) is 56.0 Å². The molecule has 0 spiro atoms. The summed E-state index contributed by atoms with van der Waals surface area (Å²) in [4.78, 5) is 2.69. The Bertz CT molecular complexity index is 420. The molecular weight excluding hydrogens is 256 g/mol. The van der Waals surface area contributed by atoms with Gasteiger partial charge in [0.1, 0.15) is 0 Å². The van der Waals surface area contributed by atoms with Crippen molar-refractivity contribution in [1.29, 1.82) is 0 Å². The van der Waals surface area contributed by atoms with Gasteiger partial charge in [-0.15, -0.1) is 0 Å². The topological polar surface area (TPSA) is 29.3 Å². The van der Waals surface area contributed by atoms with Crippen LogP contribution >= 0.6 is 0 Å². The van der Waals surface area contributed by atoms with E-state index in [2.05, 4.69) is 35.2 Å². The maximum Gasteiger partial charge on any atom is 0.00510 e. The standard InChI is InChI=1S/C19H30N2/c20-15-19(11-6-1-2-7-12-19)16-21-13-10-18(14-21)17-8-4-3-5-9-17/h3-5,8-9,18H,1-2,6-7,10-16,20H2. The van der Waals surface area contributed by atoms with Gasteiger partial charge in [-0.3, -0.25) is 0 Å². The summed E-state index contributed by atoms with van der Waals surface area (Å²) in [5, 5.41) is 0. The molecule has 1 aliphatic heterocycles. The van der Waals surface area contributed by atoms with Gasteiger partial charge >= 0.3 is 0 Å². The summed E-state index contributed by atoms with van der Waals surface area (Å²) in [6.07, 6.45) is 9.58. The van der Waals surface area contributed by atoms with Crippen LogP contribution in [0.25, 0.3) is 0 Å². The minimum atomic E-state index is 0.405. The molecule has 0 bridgehead atoms. The number of likely N-dealkylation sites (tertiary alicyclic amines) is 1. The van der Waals surface area contributed by atoms with E-state index in [9.17, 15) is 0 Å². The predicted molar refractivity (Wildman–Crippen MR) is 89.4 cm³/mol. The summed E-state index contributed by atoms with van der Waals surface area (Å²) in [6.45, 7) is 4.58. The van der Waals surface area contributed by atoms with Crippen molar-refractivity contribution in [2.45, 2.75) is 50.9 Å². The SMILES string of the molecule is NCC1(CN2CCC(c3ccccc3)C2)CCCCCC1. The fourth-order valence-corrected chi connectivity index (χ4v) is 4.35. The molecule has 1 unspecified atom stereocenters. The van der Waals surface area contributed by atoms with E-state index in [1.54, 1.807) is 0 Å². The number of hydrogen-bond donors (Lipinski definition) is 1. The fourth-order valence-electron chi connectivity index (χ4n) is 4.35. The Kier molecular flexibility index (Phi) is 4.97. The van der Waals surface area contributed by atoms with Crippen LogP contribution < -0.4 is 5.73 Å². The van der Waals surface area contributed by atoms with Crippen molar-refractivity contribution in [3.05, 3.63) is 35.9 Å². The Morgan fingerprint density at radius 3 is 2.43 bits per heavy atom. The summed E-state index contributed by atoms with van der Waals surface area (Å²) in [7, 11) is 0. The molecule has 116 valence electrons. The molecule has 1 aliphatic carbocycles. The molecule has 2 aliphatic rings. The van der Waals surface area contributed by atoms with Gasteiger partial charge in [0, 0.05) is 13.1 Å². The van der Waals surface area contributed by atoms with Crippen LogP contribution in [0.15, 0.2) is 30.3 Å². The van der Waals surface area contributed by atoms with Gasteiger partial charge in [-0.05, 0) is 49.2 Å². The molecule has 3 rings (SSSR count). The molecule has 0 aromatic heterocycles. The van der Waals surface area contributed by atoms with E-state index >= 15 is 0 Å². The van der Waals surface area contributed by atoms with Crippen molar-refractivity contribution in [3.8, 4) is 0 Å². The van der Waals surface area contributed by atoms with Crippen molar-refractivity contribution >= 4 is 0 Å². The molecule has 1 heterocycles. The molecular formula is C19H30N2.